The number of hydrogen-bond donors (Lipinski definition) is 0. The Morgan fingerprint density at radius 3 is 2.67 bits per heavy atom. The highest BCUT2D eigenvalue weighted by Gasteiger charge is 2.16. The van der Waals surface area contributed by atoms with Gasteiger partial charge in [0, 0.05) is 17.1 Å². The Balaban J connectivity index is 3.11. The first-order chi connectivity index (χ1) is 8.63. The SMILES string of the molecule is CCCCN(c1cc(Br)ccc1C#N)C(C)CC. The second kappa shape index (κ2) is 7.43. The maximum Gasteiger partial charge on any atom is 0.101 e. The van der Waals surface area contributed by atoms with Gasteiger partial charge in [-0.25, -0.2) is 0 Å². The first-order valence-corrected chi connectivity index (χ1v) is 7.39. The molecule has 0 aromatic heterocycles. The normalized spacial score (nSPS) is 11.9. The molecule has 0 N–H and O–H groups in total. The van der Waals surface area contributed by atoms with Gasteiger partial charge in [-0.2, -0.15) is 5.26 Å². The average Bonchev–Trinajstić information content (AvgIpc) is 2.39. The van der Waals surface area contributed by atoms with Crippen LogP contribution in [0.1, 0.15) is 45.6 Å². The Kier molecular flexibility index (Phi) is 6.21. The molecule has 0 bridgehead atoms. The Morgan fingerprint density at radius 1 is 1.39 bits per heavy atom. The van der Waals surface area contributed by atoms with Gasteiger partial charge in [-0.1, -0.05) is 36.2 Å². The maximum absolute atomic E-state index is 9.25. The zero-order chi connectivity index (χ0) is 13.5. The maximum atomic E-state index is 9.25. The van der Waals surface area contributed by atoms with Crippen LogP contribution in [-0.4, -0.2) is 12.6 Å². The van der Waals surface area contributed by atoms with E-state index in [2.05, 4.69) is 53.7 Å². The summed E-state index contributed by atoms with van der Waals surface area (Å²) in [5, 5.41) is 9.25. The highest BCUT2D eigenvalue weighted by atomic mass is 79.9. The second-order valence-electron chi connectivity index (χ2n) is 4.58. The third kappa shape index (κ3) is 3.74. The van der Waals surface area contributed by atoms with Crippen LogP contribution in [0.4, 0.5) is 5.69 Å². The second-order valence-corrected chi connectivity index (χ2v) is 5.49. The Bertz CT molecular complexity index is 423. The van der Waals surface area contributed by atoms with Crippen molar-refractivity contribution >= 4 is 21.6 Å². The summed E-state index contributed by atoms with van der Waals surface area (Å²) in [5.41, 5.74) is 1.81. The molecule has 0 saturated heterocycles. The molecule has 2 nitrogen and oxygen atoms in total. The van der Waals surface area contributed by atoms with E-state index in [4.69, 9.17) is 0 Å². The van der Waals surface area contributed by atoms with Gasteiger partial charge in [0.25, 0.3) is 0 Å². The minimum absolute atomic E-state index is 0.456. The fraction of sp³-hybridized carbons (Fsp3) is 0.533. The third-order valence-corrected chi connectivity index (χ3v) is 3.76. The molecule has 18 heavy (non-hydrogen) atoms. The summed E-state index contributed by atoms with van der Waals surface area (Å²) >= 11 is 3.50. The minimum Gasteiger partial charge on any atom is -0.368 e. The predicted molar refractivity (Wildman–Crippen MR) is 80.9 cm³/mol. The highest BCUT2D eigenvalue weighted by molar-refractivity contribution is 9.10. The molecule has 0 aliphatic heterocycles. The molecular weight excluding hydrogens is 288 g/mol. The lowest BCUT2D eigenvalue weighted by Crippen LogP contribution is -2.34. The molecule has 1 atom stereocenters. The minimum atomic E-state index is 0.456. The topological polar surface area (TPSA) is 27.0 Å². The van der Waals surface area contributed by atoms with Crippen molar-refractivity contribution in [3.05, 3.63) is 28.2 Å². The third-order valence-electron chi connectivity index (χ3n) is 3.27. The van der Waals surface area contributed by atoms with E-state index in [-0.39, 0.29) is 0 Å². The summed E-state index contributed by atoms with van der Waals surface area (Å²) in [7, 11) is 0. The number of anilines is 1. The lowest BCUT2D eigenvalue weighted by Gasteiger charge is -2.31. The lowest BCUT2D eigenvalue weighted by atomic mass is 10.1. The van der Waals surface area contributed by atoms with Crippen molar-refractivity contribution < 1.29 is 0 Å². The highest BCUT2D eigenvalue weighted by Crippen LogP contribution is 2.27. The molecule has 1 aromatic carbocycles. The number of nitriles is 1. The van der Waals surface area contributed by atoms with E-state index in [9.17, 15) is 5.26 Å². The predicted octanol–water partition coefficient (Wildman–Crippen LogP) is 4.73. The van der Waals surface area contributed by atoms with E-state index in [1.54, 1.807) is 0 Å². The number of benzene rings is 1. The van der Waals surface area contributed by atoms with Crippen LogP contribution in [-0.2, 0) is 0 Å². The zero-order valence-corrected chi connectivity index (χ0v) is 13.0. The van der Waals surface area contributed by atoms with E-state index >= 15 is 0 Å². The molecule has 0 aliphatic rings. The Hall–Kier alpha value is -1.01. The van der Waals surface area contributed by atoms with Crippen LogP contribution in [0.5, 0.6) is 0 Å². The number of halogens is 1. The molecule has 0 aliphatic carbocycles. The van der Waals surface area contributed by atoms with E-state index in [1.807, 2.05) is 12.1 Å². The molecule has 0 amide bonds. The van der Waals surface area contributed by atoms with Crippen molar-refractivity contribution in [1.29, 1.82) is 5.26 Å². The first kappa shape index (κ1) is 15.0. The van der Waals surface area contributed by atoms with Crippen molar-refractivity contribution in [2.45, 2.75) is 46.1 Å². The van der Waals surface area contributed by atoms with Crippen molar-refractivity contribution in [1.82, 2.24) is 0 Å². The van der Waals surface area contributed by atoms with Crippen LogP contribution in [0.25, 0.3) is 0 Å². The fourth-order valence-corrected chi connectivity index (χ4v) is 2.31. The number of nitrogens with zero attached hydrogens (tertiary/aromatic N) is 2. The van der Waals surface area contributed by atoms with Crippen LogP contribution >= 0.6 is 15.9 Å². The van der Waals surface area contributed by atoms with Gasteiger partial charge in [0.2, 0.25) is 0 Å². The monoisotopic (exact) mass is 308 g/mol. The van der Waals surface area contributed by atoms with E-state index in [0.29, 0.717) is 6.04 Å². The largest absolute Gasteiger partial charge is 0.368 e. The van der Waals surface area contributed by atoms with Crippen molar-refractivity contribution in [2.75, 3.05) is 11.4 Å². The quantitative estimate of drug-likeness (QED) is 0.760. The molecule has 0 radical (unpaired) electrons. The summed E-state index contributed by atoms with van der Waals surface area (Å²) in [4.78, 5) is 2.35. The molecule has 1 aromatic rings. The van der Waals surface area contributed by atoms with Crippen LogP contribution in [0.15, 0.2) is 22.7 Å². The van der Waals surface area contributed by atoms with E-state index < -0.39 is 0 Å². The standard InChI is InChI=1S/C15H21BrN2/c1-4-6-9-18(12(3)5-2)15-10-14(16)8-7-13(15)11-17/h7-8,10,12H,4-6,9H2,1-3H3. The van der Waals surface area contributed by atoms with Crippen molar-refractivity contribution in [3.8, 4) is 6.07 Å². The summed E-state index contributed by atoms with van der Waals surface area (Å²) in [6.07, 6.45) is 3.41. The first-order valence-electron chi connectivity index (χ1n) is 6.60. The summed E-state index contributed by atoms with van der Waals surface area (Å²) < 4.78 is 1.03. The summed E-state index contributed by atoms with van der Waals surface area (Å²) in [5.74, 6) is 0. The van der Waals surface area contributed by atoms with Gasteiger partial charge < -0.3 is 4.90 Å². The molecule has 0 heterocycles. The van der Waals surface area contributed by atoms with Gasteiger partial charge in [0.1, 0.15) is 6.07 Å². The van der Waals surface area contributed by atoms with Gasteiger partial charge in [0.05, 0.1) is 11.3 Å². The Labute approximate surface area is 119 Å². The van der Waals surface area contributed by atoms with Crippen LogP contribution in [0.2, 0.25) is 0 Å². The number of rotatable bonds is 6. The van der Waals surface area contributed by atoms with Crippen LogP contribution in [0.3, 0.4) is 0 Å². The van der Waals surface area contributed by atoms with Gasteiger partial charge in [-0.3, -0.25) is 0 Å². The molecular formula is C15H21BrN2. The van der Waals surface area contributed by atoms with E-state index in [1.165, 1.54) is 6.42 Å². The smallest absolute Gasteiger partial charge is 0.101 e. The van der Waals surface area contributed by atoms with Gasteiger partial charge in [-0.05, 0) is 38.0 Å². The number of unbranched alkanes of at least 4 members (excludes halogenated alkanes) is 1. The van der Waals surface area contributed by atoms with Gasteiger partial charge in [0.15, 0.2) is 0 Å². The fourth-order valence-electron chi connectivity index (χ4n) is 1.96. The molecule has 1 unspecified atom stereocenters. The molecule has 0 saturated carbocycles. The van der Waals surface area contributed by atoms with Gasteiger partial charge >= 0.3 is 0 Å². The van der Waals surface area contributed by atoms with Crippen LogP contribution < -0.4 is 4.90 Å². The van der Waals surface area contributed by atoms with Crippen LogP contribution in [0, 0.1) is 11.3 Å². The molecule has 98 valence electrons. The van der Waals surface area contributed by atoms with E-state index in [0.717, 1.165) is 35.1 Å². The molecule has 0 spiro atoms. The van der Waals surface area contributed by atoms with Gasteiger partial charge in [-0.15, -0.1) is 0 Å². The molecule has 3 heteroatoms. The number of hydrogen-bond acceptors (Lipinski definition) is 2. The Morgan fingerprint density at radius 2 is 2.11 bits per heavy atom. The zero-order valence-electron chi connectivity index (χ0n) is 11.4. The average molecular weight is 309 g/mol. The van der Waals surface area contributed by atoms with Crippen molar-refractivity contribution in [2.24, 2.45) is 0 Å². The summed E-state index contributed by atoms with van der Waals surface area (Å²) in [6.45, 7) is 7.61. The summed E-state index contributed by atoms with van der Waals surface area (Å²) in [6, 6.07) is 8.63. The molecule has 0 fully saturated rings. The lowest BCUT2D eigenvalue weighted by molar-refractivity contribution is 0.595. The van der Waals surface area contributed by atoms with Crippen molar-refractivity contribution in [3.63, 3.8) is 0 Å². The molecule has 1 rings (SSSR count).